The van der Waals surface area contributed by atoms with Crippen molar-refractivity contribution < 1.29 is 9.59 Å². The minimum absolute atomic E-state index is 0.0790. The summed E-state index contributed by atoms with van der Waals surface area (Å²) >= 11 is 0. The van der Waals surface area contributed by atoms with E-state index in [9.17, 15) is 9.59 Å². The van der Waals surface area contributed by atoms with Crippen LogP contribution in [0.15, 0.2) is 48.9 Å². The highest BCUT2D eigenvalue weighted by molar-refractivity contribution is 5.94. The van der Waals surface area contributed by atoms with Crippen LogP contribution in [0.2, 0.25) is 0 Å². The van der Waals surface area contributed by atoms with Gasteiger partial charge in [-0.05, 0) is 24.6 Å². The van der Waals surface area contributed by atoms with Gasteiger partial charge in [0.05, 0.1) is 12.1 Å². The Balaban J connectivity index is 1.31. The maximum Gasteiger partial charge on any atom is 0.274 e. The van der Waals surface area contributed by atoms with Gasteiger partial charge < -0.3 is 9.80 Å². The van der Waals surface area contributed by atoms with Crippen LogP contribution in [0.5, 0.6) is 0 Å². The molecule has 2 atom stereocenters. The standard InChI is InChI=1S/C20H20N6O2/c27-19-13-17-16(24(19)10-5-14-4-1-2-7-21-14)6-11-25(17)20(28)15-12-18-22-8-3-9-26(18)23-15/h1-4,7-9,12,16-17H,5-6,10-11,13H2/t16-,17-/m0/s1. The third kappa shape index (κ3) is 2.81. The topological polar surface area (TPSA) is 83.7 Å². The number of hydrogen-bond acceptors (Lipinski definition) is 5. The van der Waals surface area contributed by atoms with E-state index in [4.69, 9.17) is 0 Å². The van der Waals surface area contributed by atoms with E-state index in [0.717, 1.165) is 18.5 Å². The van der Waals surface area contributed by atoms with Crippen molar-refractivity contribution in [2.75, 3.05) is 13.1 Å². The molecule has 0 aromatic carbocycles. The Bertz CT molecular complexity index is 1000. The van der Waals surface area contributed by atoms with Gasteiger partial charge in [-0.3, -0.25) is 14.6 Å². The molecule has 0 N–H and O–H groups in total. The average Bonchev–Trinajstić information content (AvgIpc) is 3.40. The van der Waals surface area contributed by atoms with Gasteiger partial charge in [0.25, 0.3) is 5.91 Å². The molecule has 5 rings (SSSR count). The predicted octanol–water partition coefficient (Wildman–Crippen LogP) is 1.18. The first-order chi connectivity index (χ1) is 13.7. The van der Waals surface area contributed by atoms with Gasteiger partial charge in [-0.2, -0.15) is 5.10 Å². The van der Waals surface area contributed by atoms with Crippen LogP contribution in [0.3, 0.4) is 0 Å². The lowest BCUT2D eigenvalue weighted by Crippen LogP contribution is -2.40. The molecule has 0 radical (unpaired) electrons. The van der Waals surface area contributed by atoms with Crippen molar-refractivity contribution in [1.82, 2.24) is 29.4 Å². The molecule has 2 fully saturated rings. The number of rotatable bonds is 4. The van der Waals surface area contributed by atoms with Gasteiger partial charge in [-0.15, -0.1) is 0 Å². The number of amides is 2. The van der Waals surface area contributed by atoms with Crippen LogP contribution >= 0.6 is 0 Å². The van der Waals surface area contributed by atoms with Crippen LogP contribution in [-0.2, 0) is 11.2 Å². The average molecular weight is 376 g/mol. The smallest absolute Gasteiger partial charge is 0.274 e. The normalized spacial score (nSPS) is 21.5. The van der Waals surface area contributed by atoms with Crippen molar-refractivity contribution in [3.05, 3.63) is 60.3 Å². The van der Waals surface area contributed by atoms with Crippen molar-refractivity contribution in [2.45, 2.75) is 31.3 Å². The lowest BCUT2D eigenvalue weighted by atomic mass is 10.1. The first kappa shape index (κ1) is 16.9. The monoisotopic (exact) mass is 376 g/mol. The van der Waals surface area contributed by atoms with Crippen molar-refractivity contribution in [2.24, 2.45) is 0 Å². The molecule has 2 aliphatic rings. The van der Waals surface area contributed by atoms with Crippen molar-refractivity contribution in [3.63, 3.8) is 0 Å². The first-order valence-electron chi connectivity index (χ1n) is 9.51. The van der Waals surface area contributed by atoms with Crippen LogP contribution in [0, 0.1) is 0 Å². The number of nitrogens with zero attached hydrogens (tertiary/aromatic N) is 6. The van der Waals surface area contributed by atoms with Crippen LogP contribution in [0.4, 0.5) is 0 Å². The zero-order valence-corrected chi connectivity index (χ0v) is 15.3. The molecule has 0 spiro atoms. The molecule has 2 amide bonds. The molecule has 2 aliphatic heterocycles. The zero-order valence-electron chi connectivity index (χ0n) is 15.3. The fourth-order valence-corrected chi connectivity index (χ4v) is 4.33. The minimum atomic E-state index is -0.127. The van der Waals surface area contributed by atoms with Gasteiger partial charge in [0.2, 0.25) is 5.91 Å². The SMILES string of the molecule is O=C1C[C@H]2[C@H](CCN2C(=O)c2cc3ncccn3n2)N1CCc1ccccn1. The molecule has 3 aromatic rings. The minimum Gasteiger partial charge on any atom is -0.337 e. The number of aromatic nitrogens is 4. The predicted molar refractivity (Wildman–Crippen MR) is 100 cm³/mol. The summed E-state index contributed by atoms with van der Waals surface area (Å²) in [6.45, 7) is 1.28. The summed E-state index contributed by atoms with van der Waals surface area (Å²) in [7, 11) is 0. The Morgan fingerprint density at radius 2 is 2.04 bits per heavy atom. The molecule has 0 unspecified atom stereocenters. The van der Waals surface area contributed by atoms with Gasteiger partial charge in [-0.1, -0.05) is 6.07 Å². The summed E-state index contributed by atoms with van der Waals surface area (Å²) in [5.74, 6) is -0.0162. The van der Waals surface area contributed by atoms with Gasteiger partial charge >= 0.3 is 0 Å². The number of hydrogen-bond donors (Lipinski definition) is 0. The van der Waals surface area contributed by atoms with E-state index in [1.165, 1.54) is 0 Å². The Labute approximate surface area is 161 Å². The molecular formula is C20H20N6O2. The highest BCUT2D eigenvalue weighted by Crippen LogP contribution is 2.33. The number of fused-ring (bicyclic) bond motifs is 2. The second-order valence-corrected chi connectivity index (χ2v) is 7.24. The molecule has 2 saturated heterocycles. The summed E-state index contributed by atoms with van der Waals surface area (Å²) in [5.41, 5.74) is 1.99. The molecule has 0 bridgehead atoms. The molecule has 0 saturated carbocycles. The Morgan fingerprint density at radius 1 is 1.14 bits per heavy atom. The lowest BCUT2D eigenvalue weighted by Gasteiger charge is -2.25. The van der Waals surface area contributed by atoms with E-state index in [-0.39, 0.29) is 23.9 Å². The van der Waals surface area contributed by atoms with Gasteiger partial charge in [0, 0.05) is 56.3 Å². The maximum absolute atomic E-state index is 13.0. The molecule has 5 heterocycles. The van der Waals surface area contributed by atoms with Crippen LogP contribution in [0.25, 0.3) is 5.65 Å². The third-order valence-corrected chi connectivity index (χ3v) is 5.67. The van der Waals surface area contributed by atoms with Crippen molar-refractivity contribution in [3.8, 4) is 0 Å². The maximum atomic E-state index is 13.0. The largest absolute Gasteiger partial charge is 0.337 e. The van der Waals surface area contributed by atoms with Gasteiger partial charge in [-0.25, -0.2) is 9.50 Å². The molecular weight excluding hydrogens is 356 g/mol. The number of carbonyl (C=O) groups excluding carboxylic acids is 2. The van der Waals surface area contributed by atoms with E-state index in [2.05, 4.69) is 15.1 Å². The molecule has 28 heavy (non-hydrogen) atoms. The Kier molecular flexibility index (Phi) is 4.03. The van der Waals surface area contributed by atoms with Crippen LogP contribution in [-0.4, -0.2) is 66.4 Å². The van der Waals surface area contributed by atoms with Crippen molar-refractivity contribution >= 4 is 17.5 Å². The van der Waals surface area contributed by atoms with E-state index < -0.39 is 0 Å². The molecule has 8 nitrogen and oxygen atoms in total. The number of pyridine rings is 1. The van der Waals surface area contributed by atoms with Gasteiger partial charge in [0.15, 0.2) is 11.3 Å². The lowest BCUT2D eigenvalue weighted by molar-refractivity contribution is -0.129. The summed E-state index contributed by atoms with van der Waals surface area (Å²) in [4.78, 5) is 37.9. The van der Waals surface area contributed by atoms with E-state index in [0.29, 0.717) is 30.9 Å². The summed E-state index contributed by atoms with van der Waals surface area (Å²) in [6.07, 6.45) is 7.11. The zero-order chi connectivity index (χ0) is 19.1. The van der Waals surface area contributed by atoms with Crippen LogP contribution < -0.4 is 0 Å². The molecule has 142 valence electrons. The first-order valence-corrected chi connectivity index (χ1v) is 9.51. The Hall–Kier alpha value is -3.29. The quantitative estimate of drug-likeness (QED) is 0.683. The fraction of sp³-hybridized carbons (Fsp3) is 0.350. The van der Waals surface area contributed by atoms with E-state index >= 15 is 0 Å². The second-order valence-electron chi connectivity index (χ2n) is 7.24. The molecule has 0 aliphatic carbocycles. The summed E-state index contributed by atoms with van der Waals surface area (Å²) in [6, 6.07) is 9.28. The highest BCUT2D eigenvalue weighted by atomic mass is 16.2. The molecule has 8 heteroatoms. The third-order valence-electron chi connectivity index (χ3n) is 5.67. The Morgan fingerprint density at radius 3 is 2.86 bits per heavy atom. The van der Waals surface area contributed by atoms with E-state index in [1.807, 2.05) is 28.0 Å². The second kappa shape index (κ2) is 6.70. The molecule has 3 aromatic heterocycles. The van der Waals surface area contributed by atoms with Crippen LogP contribution in [0.1, 0.15) is 29.0 Å². The summed E-state index contributed by atoms with van der Waals surface area (Å²) in [5, 5.41) is 4.34. The summed E-state index contributed by atoms with van der Waals surface area (Å²) < 4.78 is 1.60. The fourth-order valence-electron chi connectivity index (χ4n) is 4.33. The van der Waals surface area contributed by atoms with Gasteiger partial charge in [0.1, 0.15) is 0 Å². The van der Waals surface area contributed by atoms with Crippen molar-refractivity contribution in [1.29, 1.82) is 0 Å². The highest BCUT2D eigenvalue weighted by Gasteiger charge is 2.48. The number of carbonyl (C=O) groups is 2. The van der Waals surface area contributed by atoms with E-state index in [1.54, 1.807) is 35.2 Å². The number of likely N-dealkylation sites (tertiary alicyclic amines) is 2.